The molecular formula is C25H19Br3ClN3O2. The van der Waals surface area contributed by atoms with Crippen LogP contribution in [-0.2, 0) is 13.0 Å². The lowest BCUT2D eigenvalue weighted by molar-refractivity contribution is 0.305. The van der Waals surface area contributed by atoms with E-state index in [4.69, 9.17) is 16.3 Å². The molecule has 1 heterocycles. The van der Waals surface area contributed by atoms with Gasteiger partial charge in [0.25, 0.3) is 5.56 Å². The molecule has 0 aliphatic heterocycles. The molecule has 9 heteroatoms. The molecule has 0 saturated heterocycles. The second kappa shape index (κ2) is 11.2. The van der Waals surface area contributed by atoms with E-state index in [-0.39, 0.29) is 5.56 Å². The fourth-order valence-corrected chi connectivity index (χ4v) is 5.10. The zero-order valence-corrected chi connectivity index (χ0v) is 23.6. The number of ether oxygens (including phenoxy) is 1. The number of halogens is 4. The van der Waals surface area contributed by atoms with Crippen molar-refractivity contribution in [3.8, 4) is 5.75 Å². The molecule has 0 unspecified atom stereocenters. The molecule has 34 heavy (non-hydrogen) atoms. The smallest absolute Gasteiger partial charge is 0.282 e. The second-order valence-corrected chi connectivity index (χ2v) is 10.6. The van der Waals surface area contributed by atoms with Crippen LogP contribution in [0.1, 0.15) is 30.3 Å². The van der Waals surface area contributed by atoms with Gasteiger partial charge in [0.2, 0.25) is 0 Å². The van der Waals surface area contributed by atoms with Gasteiger partial charge >= 0.3 is 0 Å². The first-order valence-corrected chi connectivity index (χ1v) is 13.2. The Kier molecular flexibility index (Phi) is 8.24. The Hall–Kier alpha value is -2.00. The van der Waals surface area contributed by atoms with Gasteiger partial charge in [-0.05, 0) is 60.5 Å². The number of rotatable bonds is 7. The zero-order valence-electron chi connectivity index (χ0n) is 18.1. The van der Waals surface area contributed by atoms with Crippen LogP contribution in [0.2, 0.25) is 5.02 Å². The van der Waals surface area contributed by atoms with E-state index in [2.05, 4.69) is 57.9 Å². The second-order valence-electron chi connectivity index (χ2n) is 7.52. The average Bonchev–Trinajstić information content (AvgIpc) is 2.80. The average molecular weight is 669 g/mol. The fraction of sp³-hybridized carbons (Fsp3) is 0.160. The quantitative estimate of drug-likeness (QED) is 0.189. The topological polar surface area (TPSA) is 56.5 Å². The Balaban J connectivity index is 1.59. The maximum absolute atomic E-state index is 13.1. The van der Waals surface area contributed by atoms with E-state index in [1.165, 1.54) is 4.68 Å². The molecule has 0 bridgehead atoms. The minimum Gasteiger partial charge on any atom is -0.487 e. The standard InChI is InChI=1S/C25H19Br3ClN3O2/c1-2-3-24-31-22-8-7-17(26)11-19(22)25(33)32(24)30-13-15-4-9-23(21(29)10-15)34-14-16-5-6-18(27)12-20(16)28/h4-13H,2-3,14H2,1H3. The molecule has 0 aliphatic rings. The summed E-state index contributed by atoms with van der Waals surface area (Å²) in [7, 11) is 0. The maximum atomic E-state index is 13.1. The molecule has 4 aromatic rings. The highest BCUT2D eigenvalue weighted by Gasteiger charge is 2.11. The molecule has 0 fully saturated rings. The van der Waals surface area contributed by atoms with Gasteiger partial charge in [-0.25, -0.2) is 4.98 Å². The molecule has 0 amide bonds. The summed E-state index contributed by atoms with van der Waals surface area (Å²) in [4.78, 5) is 17.8. The molecule has 5 nitrogen and oxygen atoms in total. The van der Waals surface area contributed by atoms with Crippen molar-refractivity contribution in [2.45, 2.75) is 26.4 Å². The Morgan fingerprint density at radius 1 is 1.06 bits per heavy atom. The first kappa shape index (κ1) is 25.1. The first-order chi connectivity index (χ1) is 16.4. The molecular weight excluding hydrogens is 649 g/mol. The minimum absolute atomic E-state index is 0.211. The Bertz CT molecular complexity index is 1450. The van der Waals surface area contributed by atoms with E-state index < -0.39 is 0 Å². The molecule has 174 valence electrons. The maximum Gasteiger partial charge on any atom is 0.282 e. The van der Waals surface area contributed by atoms with E-state index in [1.807, 2.05) is 43.3 Å². The molecule has 0 saturated carbocycles. The van der Waals surface area contributed by atoms with Crippen LogP contribution >= 0.6 is 59.4 Å². The number of nitrogens with zero attached hydrogens (tertiary/aromatic N) is 3. The van der Waals surface area contributed by atoms with Crippen LogP contribution in [0.15, 0.2) is 77.9 Å². The van der Waals surface area contributed by atoms with Gasteiger partial charge in [-0.1, -0.05) is 72.4 Å². The number of aromatic nitrogens is 2. The van der Waals surface area contributed by atoms with E-state index >= 15 is 0 Å². The van der Waals surface area contributed by atoms with E-state index in [9.17, 15) is 4.79 Å². The lowest BCUT2D eigenvalue weighted by Crippen LogP contribution is -2.22. The molecule has 1 aromatic heterocycles. The monoisotopic (exact) mass is 665 g/mol. The number of hydrogen-bond acceptors (Lipinski definition) is 4. The van der Waals surface area contributed by atoms with Crippen molar-refractivity contribution in [2.75, 3.05) is 0 Å². The van der Waals surface area contributed by atoms with Crippen molar-refractivity contribution in [1.29, 1.82) is 0 Å². The molecule has 0 atom stereocenters. The number of fused-ring (bicyclic) bond motifs is 1. The lowest BCUT2D eigenvalue weighted by atomic mass is 10.2. The predicted octanol–water partition coefficient (Wildman–Crippen LogP) is 7.75. The van der Waals surface area contributed by atoms with Gasteiger partial charge < -0.3 is 4.74 Å². The van der Waals surface area contributed by atoms with E-state index in [1.54, 1.807) is 24.4 Å². The summed E-state index contributed by atoms with van der Waals surface area (Å²) in [6.45, 7) is 2.41. The number of benzene rings is 3. The van der Waals surface area contributed by atoms with Gasteiger partial charge in [0.15, 0.2) is 0 Å². The zero-order chi connectivity index (χ0) is 24.2. The summed E-state index contributed by atoms with van der Waals surface area (Å²) in [6, 6.07) is 16.8. The third-order valence-corrected chi connectivity index (χ3v) is 7.05. The van der Waals surface area contributed by atoms with Crippen LogP contribution in [0.25, 0.3) is 10.9 Å². The Morgan fingerprint density at radius 3 is 2.56 bits per heavy atom. The lowest BCUT2D eigenvalue weighted by Gasteiger charge is -2.11. The van der Waals surface area contributed by atoms with Crippen molar-refractivity contribution in [2.24, 2.45) is 5.10 Å². The molecule has 0 N–H and O–H groups in total. The van der Waals surface area contributed by atoms with Crippen LogP contribution in [0.4, 0.5) is 0 Å². The van der Waals surface area contributed by atoms with Crippen molar-refractivity contribution in [1.82, 2.24) is 9.66 Å². The molecule has 3 aromatic carbocycles. The van der Waals surface area contributed by atoms with Gasteiger partial charge in [-0.15, -0.1) is 0 Å². The summed E-state index contributed by atoms with van der Waals surface area (Å²) >= 11 is 16.9. The largest absolute Gasteiger partial charge is 0.487 e. The van der Waals surface area contributed by atoms with Crippen molar-refractivity contribution >= 4 is 76.5 Å². The predicted molar refractivity (Wildman–Crippen MR) is 148 cm³/mol. The third kappa shape index (κ3) is 5.79. The van der Waals surface area contributed by atoms with Gasteiger partial charge in [0.05, 0.1) is 22.1 Å². The molecule has 0 aliphatic carbocycles. The van der Waals surface area contributed by atoms with Crippen LogP contribution in [0, 0.1) is 0 Å². The van der Waals surface area contributed by atoms with Crippen molar-refractivity contribution < 1.29 is 4.74 Å². The van der Waals surface area contributed by atoms with Gasteiger partial charge in [-0.2, -0.15) is 9.78 Å². The molecule has 0 radical (unpaired) electrons. The van der Waals surface area contributed by atoms with E-state index in [0.717, 1.165) is 31.0 Å². The van der Waals surface area contributed by atoms with E-state index in [0.29, 0.717) is 40.5 Å². The highest BCUT2D eigenvalue weighted by molar-refractivity contribution is 9.11. The summed E-state index contributed by atoms with van der Waals surface area (Å²) in [5.74, 6) is 1.18. The first-order valence-electron chi connectivity index (χ1n) is 10.5. The summed E-state index contributed by atoms with van der Waals surface area (Å²) in [5.41, 5.74) is 2.19. The SMILES string of the molecule is CCCc1nc2ccc(Br)cc2c(=O)n1N=Cc1ccc(OCc2ccc(Br)cc2Br)c(Cl)c1. The molecule has 0 spiro atoms. The van der Waals surface area contributed by atoms with Gasteiger partial charge in [-0.3, -0.25) is 4.79 Å². The molecule has 4 rings (SSSR count). The van der Waals surface area contributed by atoms with Gasteiger partial charge in [0.1, 0.15) is 18.2 Å². The number of hydrogen-bond donors (Lipinski definition) is 0. The summed E-state index contributed by atoms with van der Waals surface area (Å²) in [6.07, 6.45) is 3.08. The Labute approximate surface area is 227 Å². The highest BCUT2D eigenvalue weighted by Crippen LogP contribution is 2.28. The van der Waals surface area contributed by atoms with Crippen LogP contribution in [-0.4, -0.2) is 15.9 Å². The van der Waals surface area contributed by atoms with Crippen LogP contribution < -0.4 is 10.3 Å². The summed E-state index contributed by atoms with van der Waals surface area (Å²) < 4.78 is 10.0. The summed E-state index contributed by atoms with van der Waals surface area (Å²) in [5, 5.41) is 5.41. The van der Waals surface area contributed by atoms with Gasteiger partial charge in [0, 0.05) is 25.4 Å². The highest BCUT2D eigenvalue weighted by atomic mass is 79.9. The van der Waals surface area contributed by atoms with Crippen LogP contribution in [0.5, 0.6) is 5.75 Å². The van der Waals surface area contributed by atoms with Crippen molar-refractivity contribution in [3.05, 3.63) is 100 Å². The Morgan fingerprint density at radius 2 is 1.82 bits per heavy atom. The van der Waals surface area contributed by atoms with Crippen LogP contribution in [0.3, 0.4) is 0 Å². The minimum atomic E-state index is -0.211. The van der Waals surface area contributed by atoms with Crippen molar-refractivity contribution in [3.63, 3.8) is 0 Å². The number of aryl methyl sites for hydroxylation is 1. The fourth-order valence-electron chi connectivity index (χ4n) is 3.33. The normalized spacial score (nSPS) is 11.4. The third-order valence-electron chi connectivity index (χ3n) is 5.03.